The molecular formula is C13H19N3O4. The van der Waals surface area contributed by atoms with Crippen LogP contribution in [0.5, 0.6) is 0 Å². The lowest BCUT2D eigenvalue weighted by Crippen LogP contribution is -2.43. The van der Waals surface area contributed by atoms with Crippen LogP contribution in [0.25, 0.3) is 0 Å². The molecule has 1 heterocycles. The van der Waals surface area contributed by atoms with Gasteiger partial charge in [-0.05, 0) is 31.4 Å². The number of carbonyl (C=O) groups is 2. The smallest absolute Gasteiger partial charge is 0.326 e. The van der Waals surface area contributed by atoms with Crippen LogP contribution < -0.4 is 10.6 Å². The Hall–Kier alpha value is -2.15. The van der Waals surface area contributed by atoms with Gasteiger partial charge in [0.1, 0.15) is 6.04 Å². The monoisotopic (exact) mass is 281 g/mol. The van der Waals surface area contributed by atoms with Gasteiger partial charge in [-0.2, -0.15) is 0 Å². The van der Waals surface area contributed by atoms with E-state index >= 15 is 0 Å². The van der Waals surface area contributed by atoms with Crippen molar-refractivity contribution in [3.05, 3.63) is 24.0 Å². The summed E-state index contributed by atoms with van der Waals surface area (Å²) in [6, 6.07) is 0.234. The van der Waals surface area contributed by atoms with Gasteiger partial charge in [-0.1, -0.05) is 0 Å². The summed E-state index contributed by atoms with van der Waals surface area (Å²) in [7, 11) is 1.54. The predicted octanol–water partition coefficient (Wildman–Crippen LogP) is 1.39. The highest BCUT2D eigenvalue weighted by atomic mass is 16.5. The lowest BCUT2D eigenvalue weighted by Gasteiger charge is -2.15. The van der Waals surface area contributed by atoms with E-state index < -0.39 is 18.0 Å². The fourth-order valence-electron chi connectivity index (χ4n) is 1.64. The normalized spacial score (nSPS) is 11.7. The molecule has 110 valence electrons. The highest BCUT2D eigenvalue weighted by Crippen LogP contribution is 2.07. The fourth-order valence-corrected chi connectivity index (χ4v) is 1.64. The van der Waals surface area contributed by atoms with Gasteiger partial charge in [-0.3, -0.25) is 4.98 Å². The second-order valence-corrected chi connectivity index (χ2v) is 4.38. The maximum atomic E-state index is 11.7. The first kappa shape index (κ1) is 15.9. The van der Waals surface area contributed by atoms with Gasteiger partial charge in [-0.25, -0.2) is 9.59 Å². The molecule has 0 bridgehead atoms. The van der Waals surface area contributed by atoms with Crippen molar-refractivity contribution in [1.29, 1.82) is 0 Å². The highest BCUT2D eigenvalue weighted by molar-refractivity contribution is 5.92. The Morgan fingerprint density at radius 2 is 2.20 bits per heavy atom. The Kier molecular flexibility index (Phi) is 6.45. The number of rotatable bonds is 7. The highest BCUT2D eigenvalue weighted by Gasteiger charge is 2.19. The van der Waals surface area contributed by atoms with Crippen LogP contribution in [0.15, 0.2) is 18.5 Å². The molecule has 0 saturated heterocycles. The number of amides is 2. The fraction of sp³-hybridized carbons (Fsp3) is 0.462. The van der Waals surface area contributed by atoms with Gasteiger partial charge in [0.25, 0.3) is 0 Å². The quantitative estimate of drug-likeness (QED) is 0.656. The molecule has 0 radical (unpaired) electrons. The van der Waals surface area contributed by atoms with Crippen molar-refractivity contribution in [3.63, 3.8) is 0 Å². The number of ether oxygens (including phenoxy) is 1. The van der Waals surface area contributed by atoms with E-state index in [9.17, 15) is 9.59 Å². The number of anilines is 1. The zero-order valence-corrected chi connectivity index (χ0v) is 11.5. The number of hydrogen-bond donors (Lipinski definition) is 3. The van der Waals surface area contributed by atoms with Crippen LogP contribution in [0.3, 0.4) is 0 Å². The molecule has 0 fully saturated rings. The molecule has 7 heteroatoms. The van der Waals surface area contributed by atoms with Crippen LogP contribution >= 0.6 is 0 Å². The number of carboxylic acid groups (broad SMARTS) is 1. The summed E-state index contributed by atoms with van der Waals surface area (Å²) in [5.74, 6) is -1.07. The Morgan fingerprint density at radius 1 is 1.45 bits per heavy atom. The van der Waals surface area contributed by atoms with E-state index in [-0.39, 0.29) is 0 Å². The number of aromatic nitrogens is 1. The van der Waals surface area contributed by atoms with Crippen molar-refractivity contribution in [2.45, 2.75) is 25.8 Å². The van der Waals surface area contributed by atoms with Gasteiger partial charge >= 0.3 is 12.0 Å². The van der Waals surface area contributed by atoms with Crippen LogP contribution in [0.4, 0.5) is 10.5 Å². The molecule has 1 rings (SSSR count). The molecule has 3 N–H and O–H groups in total. The molecule has 1 aromatic heterocycles. The van der Waals surface area contributed by atoms with E-state index in [1.54, 1.807) is 19.4 Å². The van der Waals surface area contributed by atoms with Crippen molar-refractivity contribution in [2.24, 2.45) is 0 Å². The molecule has 20 heavy (non-hydrogen) atoms. The van der Waals surface area contributed by atoms with Gasteiger partial charge in [0.05, 0.1) is 11.9 Å². The van der Waals surface area contributed by atoms with Crippen molar-refractivity contribution in [2.75, 3.05) is 19.0 Å². The van der Waals surface area contributed by atoms with Crippen LogP contribution in [0.1, 0.15) is 18.4 Å². The molecule has 1 unspecified atom stereocenters. The van der Waals surface area contributed by atoms with Crippen molar-refractivity contribution in [1.82, 2.24) is 10.3 Å². The zero-order chi connectivity index (χ0) is 15.0. The molecule has 0 spiro atoms. The number of aryl methyl sites for hydroxylation is 1. The summed E-state index contributed by atoms with van der Waals surface area (Å²) < 4.78 is 4.86. The summed E-state index contributed by atoms with van der Waals surface area (Å²) >= 11 is 0. The van der Waals surface area contributed by atoms with Crippen molar-refractivity contribution in [3.8, 4) is 0 Å². The number of aliphatic carboxylic acids is 1. The number of urea groups is 1. The summed E-state index contributed by atoms with van der Waals surface area (Å²) in [6.45, 7) is 2.30. The lowest BCUT2D eigenvalue weighted by molar-refractivity contribution is -0.139. The average molecular weight is 281 g/mol. The first-order valence-corrected chi connectivity index (χ1v) is 6.24. The first-order valence-electron chi connectivity index (χ1n) is 6.24. The van der Waals surface area contributed by atoms with E-state index in [1.807, 2.05) is 6.92 Å². The third-order valence-corrected chi connectivity index (χ3v) is 2.58. The molecule has 2 amide bonds. The summed E-state index contributed by atoms with van der Waals surface area (Å²) in [4.78, 5) is 26.7. The van der Waals surface area contributed by atoms with E-state index in [0.29, 0.717) is 25.1 Å². The Balaban J connectivity index is 2.51. The molecule has 0 aromatic carbocycles. The Labute approximate surface area is 117 Å². The Bertz CT molecular complexity index is 465. The predicted molar refractivity (Wildman–Crippen MR) is 73.7 cm³/mol. The van der Waals surface area contributed by atoms with Gasteiger partial charge in [-0.15, -0.1) is 0 Å². The minimum atomic E-state index is -1.07. The van der Waals surface area contributed by atoms with Gasteiger partial charge in [0.2, 0.25) is 0 Å². The molecule has 0 saturated carbocycles. The second-order valence-electron chi connectivity index (χ2n) is 4.38. The van der Waals surface area contributed by atoms with Crippen LogP contribution in [0, 0.1) is 6.92 Å². The maximum absolute atomic E-state index is 11.7. The maximum Gasteiger partial charge on any atom is 0.326 e. The lowest BCUT2D eigenvalue weighted by atomic mass is 10.1. The number of hydrogen-bond acceptors (Lipinski definition) is 4. The third-order valence-electron chi connectivity index (χ3n) is 2.58. The van der Waals surface area contributed by atoms with Crippen molar-refractivity contribution < 1.29 is 19.4 Å². The van der Waals surface area contributed by atoms with Gasteiger partial charge in [0.15, 0.2) is 0 Å². The number of carbonyl (C=O) groups excluding carboxylic acids is 1. The van der Waals surface area contributed by atoms with E-state index in [2.05, 4.69) is 15.6 Å². The van der Waals surface area contributed by atoms with Gasteiger partial charge < -0.3 is 20.5 Å². The minimum Gasteiger partial charge on any atom is -0.480 e. The molecule has 0 aliphatic rings. The number of methoxy groups -OCH3 is 1. The van der Waals surface area contributed by atoms with E-state index in [1.165, 1.54) is 6.20 Å². The average Bonchev–Trinajstić information content (AvgIpc) is 2.37. The Morgan fingerprint density at radius 3 is 2.80 bits per heavy atom. The van der Waals surface area contributed by atoms with Gasteiger partial charge in [0, 0.05) is 19.9 Å². The SMILES string of the molecule is COCCCC(NC(=O)Nc1cncc(C)c1)C(=O)O. The van der Waals surface area contributed by atoms with Crippen molar-refractivity contribution >= 4 is 17.7 Å². The van der Waals surface area contributed by atoms with E-state index in [0.717, 1.165) is 5.56 Å². The largest absolute Gasteiger partial charge is 0.480 e. The molecular weight excluding hydrogens is 262 g/mol. The molecule has 1 aromatic rings. The number of nitrogens with one attached hydrogen (secondary N) is 2. The van der Waals surface area contributed by atoms with E-state index in [4.69, 9.17) is 9.84 Å². The number of pyridine rings is 1. The first-order chi connectivity index (χ1) is 9.52. The summed E-state index contributed by atoms with van der Waals surface area (Å²) in [5, 5.41) is 14.0. The summed E-state index contributed by atoms with van der Waals surface area (Å²) in [5.41, 5.74) is 1.42. The van der Waals surface area contributed by atoms with Crippen LogP contribution in [0.2, 0.25) is 0 Å². The third kappa shape index (κ3) is 5.66. The molecule has 1 atom stereocenters. The second kappa shape index (κ2) is 8.11. The number of nitrogens with zero attached hydrogens (tertiary/aromatic N) is 1. The summed E-state index contributed by atoms with van der Waals surface area (Å²) in [6.07, 6.45) is 4.02. The zero-order valence-electron chi connectivity index (χ0n) is 11.5. The molecule has 0 aliphatic heterocycles. The van der Waals surface area contributed by atoms with Crippen LogP contribution in [-0.2, 0) is 9.53 Å². The van der Waals surface area contributed by atoms with Crippen LogP contribution in [-0.4, -0.2) is 41.8 Å². The number of carboxylic acids is 1. The molecule has 7 nitrogen and oxygen atoms in total. The minimum absolute atomic E-state index is 0.308. The topological polar surface area (TPSA) is 101 Å². The molecule has 0 aliphatic carbocycles. The standard InChI is InChI=1S/C13H19N3O4/c1-9-6-10(8-14-7-9)15-13(19)16-11(12(17)18)4-3-5-20-2/h6-8,11H,3-5H2,1-2H3,(H,17,18)(H2,15,16,19).